The number of rotatable bonds is 1. The van der Waals surface area contributed by atoms with Crippen LogP contribution in [-0.4, -0.2) is 21.7 Å². The van der Waals surface area contributed by atoms with Crippen molar-refractivity contribution >= 4 is 27.7 Å². The lowest BCUT2D eigenvalue weighted by atomic mass is 9.99. The summed E-state index contributed by atoms with van der Waals surface area (Å²) < 4.78 is 1.04. The van der Waals surface area contributed by atoms with Gasteiger partial charge in [-0.15, -0.1) is 0 Å². The Morgan fingerprint density at radius 3 is 2.85 bits per heavy atom. The first kappa shape index (κ1) is 9.46. The van der Waals surface area contributed by atoms with Crippen molar-refractivity contribution in [3.05, 3.63) is 22.4 Å². The Hall–Kier alpha value is -0.0900. The van der Waals surface area contributed by atoms with Crippen molar-refractivity contribution in [1.29, 1.82) is 0 Å². The molecule has 0 radical (unpaired) electrons. The average molecular weight is 259 g/mol. The molecule has 70 valence electrons. The summed E-state index contributed by atoms with van der Waals surface area (Å²) in [7, 11) is 0. The van der Waals surface area contributed by atoms with Crippen LogP contribution >= 0.6 is 27.7 Å². The zero-order valence-corrected chi connectivity index (χ0v) is 9.64. The summed E-state index contributed by atoms with van der Waals surface area (Å²) in [5.41, 5.74) is 1.15. The van der Waals surface area contributed by atoms with Crippen LogP contribution in [0.15, 0.2) is 16.7 Å². The van der Waals surface area contributed by atoms with E-state index in [2.05, 4.69) is 32.2 Å². The van der Waals surface area contributed by atoms with E-state index in [1.54, 1.807) is 6.20 Å². The lowest BCUT2D eigenvalue weighted by Crippen LogP contribution is -2.09. The monoisotopic (exact) mass is 258 g/mol. The van der Waals surface area contributed by atoms with Crippen LogP contribution in [0.5, 0.6) is 0 Å². The number of thioether (sulfide) groups is 1. The Balaban J connectivity index is 2.14. The maximum absolute atomic E-state index is 4.17. The molecule has 0 aromatic carbocycles. The molecule has 0 bridgehead atoms. The summed E-state index contributed by atoms with van der Waals surface area (Å²) in [6, 6.07) is 2.09. The van der Waals surface area contributed by atoms with Gasteiger partial charge in [-0.05, 0) is 46.3 Å². The largest absolute Gasteiger partial charge is 0.162 e. The van der Waals surface area contributed by atoms with E-state index in [9.17, 15) is 0 Å². The normalized spacial score (nSPS) is 18.8. The van der Waals surface area contributed by atoms with E-state index in [1.807, 2.05) is 11.8 Å². The predicted octanol–water partition coefficient (Wildman–Crippen LogP) is 2.85. The molecule has 0 atom stereocenters. The number of hydrogen-bond acceptors (Lipinski definition) is 3. The van der Waals surface area contributed by atoms with Crippen molar-refractivity contribution in [3.8, 4) is 0 Å². The third-order valence-corrected chi connectivity index (χ3v) is 3.76. The standard InChI is InChI=1S/C9H11BrN2S/c10-8-5-9(12-11-6-8)7-1-3-13-4-2-7/h5-7H,1-4H2. The van der Waals surface area contributed by atoms with Gasteiger partial charge in [0.2, 0.25) is 0 Å². The van der Waals surface area contributed by atoms with Gasteiger partial charge in [-0.25, -0.2) is 0 Å². The van der Waals surface area contributed by atoms with Gasteiger partial charge in [-0.2, -0.15) is 22.0 Å². The Morgan fingerprint density at radius 2 is 2.15 bits per heavy atom. The van der Waals surface area contributed by atoms with Gasteiger partial charge in [0.05, 0.1) is 11.9 Å². The third kappa shape index (κ3) is 2.44. The molecule has 0 aliphatic carbocycles. The van der Waals surface area contributed by atoms with Crippen LogP contribution in [0.3, 0.4) is 0 Å². The van der Waals surface area contributed by atoms with Crippen molar-refractivity contribution in [1.82, 2.24) is 10.2 Å². The molecule has 1 aromatic rings. The van der Waals surface area contributed by atoms with Gasteiger partial charge in [-0.1, -0.05) is 0 Å². The molecule has 0 saturated carbocycles. The highest BCUT2D eigenvalue weighted by Crippen LogP contribution is 2.30. The maximum atomic E-state index is 4.17. The molecule has 13 heavy (non-hydrogen) atoms. The quantitative estimate of drug-likeness (QED) is 0.775. The van der Waals surface area contributed by atoms with E-state index in [0.717, 1.165) is 10.2 Å². The molecule has 1 aliphatic heterocycles. The molecule has 1 aliphatic rings. The van der Waals surface area contributed by atoms with Crippen molar-refractivity contribution in [2.75, 3.05) is 11.5 Å². The van der Waals surface area contributed by atoms with Crippen LogP contribution in [0.25, 0.3) is 0 Å². The fourth-order valence-corrected chi connectivity index (χ4v) is 2.98. The van der Waals surface area contributed by atoms with Crippen molar-refractivity contribution in [2.45, 2.75) is 18.8 Å². The number of hydrogen-bond donors (Lipinski definition) is 0. The van der Waals surface area contributed by atoms with Gasteiger partial charge in [0.1, 0.15) is 0 Å². The van der Waals surface area contributed by atoms with Crippen LogP contribution < -0.4 is 0 Å². The average Bonchev–Trinajstić information content (AvgIpc) is 2.19. The van der Waals surface area contributed by atoms with E-state index < -0.39 is 0 Å². The molecular formula is C9H11BrN2S. The molecule has 2 heterocycles. The number of halogens is 1. The molecule has 0 amide bonds. The van der Waals surface area contributed by atoms with Gasteiger partial charge in [-0.3, -0.25) is 0 Å². The lowest BCUT2D eigenvalue weighted by molar-refractivity contribution is 0.608. The zero-order valence-electron chi connectivity index (χ0n) is 7.24. The molecular weight excluding hydrogens is 248 g/mol. The summed E-state index contributed by atoms with van der Waals surface area (Å²) in [6.07, 6.45) is 4.23. The summed E-state index contributed by atoms with van der Waals surface area (Å²) in [5.74, 6) is 3.16. The van der Waals surface area contributed by atoms with Crippen molar-refractivity contribution < 1.29 is 0 Å². The predicted molar refractivity (Wildman–Crippen MR) is 59.0 cm³/mol. The van der Waals surface area contributed by atoms with Crippen molar-refractivity contribution in [3.63, 3.8) is 0 Å². The van der Waals surface area contributed by atoms with Gasteiger partial charge >= 0.3 is 0 Å². The van der Waals surface area contributed by atoms with Crippen LogP contribution in [0.4, 0.5) is 0 Å². The molecule has 0 N–H and O–H groups in total. The first-order chi connectivity index (χ1) is 6.36. The van der Waals surface area contributed by atoms with Gasteiger partial charge in [0, 0.05) is 10.4 Å². The molecule has 2 rings (SSSR count). The maximum Gasteiger partial charge on any atom is 0.0673 e. The number of aromatic nitrogens is 2. The fraction of sp³-hybridized carbons (Fsp3) is 0.556. The van der Waals surface area contributed by atoms with E-state index in [4.69, 9.17) is 0 Å². The van der Waals surface area contributed by atoms with Crippen molar-refractivity contribution in [2.24, 2.45) is 0 Å². The van der Waals surface area contributed by atoms with Gasteiger partial charge in [0.25, 0.3) is 0 Å². The van der Waals surface area contributed by atoms with Gasteiger partial charge < -0.3 is 0 Å². The second-order valence-electron chi connectivity index (χ2n) is 3.19. The van der Waals surface area contributed by atoms with E-state index in [1.165, 1.54) is 24.3 Å². The SMILES string of the molecule is Brc1cnnc(C2CCSCC2)c1. The second-order valence-corrected chi connectivity index (χ2v) is 5.33. The minimum Gasteiger partial charge on any atom is -0.162 e. The molecule has 1 aromatic heterocycles. The first-order valence-electron chi connectivity index (χ1n) is 4.42. The summed E-state index contributed by atoms with van der Waals surface area (Å²) in [5, 5.41) is 8.13. The summed E-state index contributed by atoms with van der Waals surface area (Å²) >= 11 is 5.46. The summed E-state index contributed by atoms with van der Waals surface area (Å²) in [6.45, 7) is 0. The van der Waals surface area contributed by atoms with Crippen LogP contribution in [-0.2, 0) is 0 Å². The second kappa shape index (κ2) is 4.42. The molecule has 1 fully saturated rings. The highest BCUT2D eigenvalue weighted by atomic mass is 79.9. The Labute approximate surface area is 90.6 Å². The minimum atomic E-state index is 0.631. The van der Waals surface area contributed by atoms with Gasteiger partial charge in [0.15, 0.2) is 0 Å². The highest BCUT2D eigenvalue weighted by molar-refractivity contribution is 9.10. The van der Waals surface area contributed by atoms with E-state index >= 15 is 0 Å². The molecule has 0 spiro atoms. The Bertz CT molecular complexity index is 287. The minimum absolute atomic E-state index is 0.631. The third-order valence-electron chi connectivity index (χ3n) is 2.28. The topological polar surface area (TPSA) is 25.8 Å². The Morgan fingerprint density at radius 1 is 1.38 bits per heavy atom. The van der Waals surface area contributed by atoms with E-state index in [0.29, 0.717) is 5.92 Å². The first-order valence-corrected chi connectivity index (χ1v) is 6.37. The molecule has 2 nitrogen and oxygen atoms in total. The summed E-state index contributed by atoms with van der Waals surface area (Å²) in [4.78, 5) is 0. The lowest BCUT2D eigenvalue weighted by Gasteiger charge is -2.20. The fourth-order valence-electron chi connectivity index (χ4n) is 1.55. The molecule has 4 heteroatoms. The highest BCUT2D eigenvalue weighted by Gasteiger charge is 2.17. The van der Waals surface area contributed by atoms with Crippen LogP contribution in [0.1, 0.15) is 24.5 Å². The van der Waals surface area contributed by atoms with Crippen LogP contribution in [0.2, 0.25) is 0 Å². The Kier molecular flexibility index (Phi) is 3.22. The number of nitrogens with zero attached hydrogens (tertiary/aromatic N) is 2. The van der Waals surface area contributed by atoms with Crippen LogP contribution in [0, 0.1) is 0 Å². The molecule has 0 unspecified atom stereocenters. The smallest absolute Gasteiger partial charge is 0.0673 e. The zero-order chi connectivity index (χ0) is 9.10. The molecule has 1 saturated heterocycles. The van der Waals surface area contributed by atoms with E-state index in [-0.39, 0.29) is 0 Å².